The number of fused-ring (bicyclic) bond motifs is 1. The van der Waals surface area contributed by atoms with Crippen molar-refractivity contribution in [1.82, 2.24) is 14.7 Å². The van der Waals surface area contributed by atoms with Gasteiger partial charge in [0.1, 0.15) is 0 Å². The molecule has 1 aromatic rings. The van der Waals surface area contributed by atoms with Crippen molar-refractivity contribution in [2.75, 3.05) is 32.7 Å². The number of hydrogen-bond donors (Lipinski definition) is 2. The Morgan fingerprint density at radius 2 is 1.97 bits per heavy atom. The fourth-order valence-corrected chi connectivity index (χ4v) is 5.09. The summed E-state index contributed by atoms with van der Waals surface area (Å²) in [6.45, 7) is 0.883. The van der Waals surface area contributed by atoms with Crippen LogP contribution < -0.4 is 5.73 Å². The summed E-state index contributed by atoms with van der Waals surface area (Å²) in [4.78, 5) is 30.0. The van der Waals surface area contributed by atoms with Crippen LogP contribution in [0.25, 0.3) is 0 Å². The van der Waals surface area contributed by atoms with E-state index in [0.717, 1.165) is 37.7 Å². The van der Waals surface area contributed by atoms with Gasteiger partial charge in [0.05, 0.1) is 6.10 Å². The number of hydrogen-bond acceptors (Lipinski definition) is 4. The van der Waals surface area contributed by atoms with E-state index in [1.807, 2.05) is 29.2 Å². The van der Waals surface area contributed by atoms with Crippen LogP contribution in [-0.4, -0.2) is 76.6 Å². The normalized spacial score (nSPS) is 29.0. The van der Waals surface area contributed by atoms with Gasteiger partial charge in [-0.25, -0.2) is 4.79 Å². The van der Waals surface area contributed by atoms with Crippen LogP contribution in [0.5, 0.6) is 0 Å². The van der Waals surface area contributed by atoms with Gasteiger partial charge in [-0.05, 0) is 49.7 Å². The van der Waals surface area contributed by atoms with Crippen LogP contribution in [0.2, 0.25) is 0 Å². The maximum absolute atomic E-state index is 13.2. The highest BCUT2D eigenvalue weighted by molar-refractivity contribution is 5.80. The largest absolute Gasteiger partial charge is 0.392 e. The molecule has 2 saturated heterocycles. The van der Waals surface area contributed by atoms with Crippen molar-refractivity contribution in [1.29, 1.82) is 0 Å². The van der Waals surface area contributed by atoms with Gasteiger partial charge < -0.3 is 20.6 Å². The van der Waals surface area contributed by atoms with Crippen molar-refractivity contribution in [3.8, 4) is 0 Å². The van der Waals surface area contributed by atoms with E-state index < -0.39 is 18.6 Å². The van der Waals surface area contributed by atoms with Crippen molar-refractivity contribution in [2.45, 2.75) is 57.2 Å². The van der Waals surface area contributed by atoms with Gasteiger partial charge in [-0.15, -0.1) is 0 Å². The third-order valence-electron chi connectivity index (χ3n) is 6.67. The molecule has 3 heterocycles. The maximum atomic E-state index is 13.2. The summed E-state index contributed by atoms with van der Waals surface area (Å²) >= 11 is 0. The standard InChI is InChI=1S/C23H34N4O3/c24-23(30)26-10-4-8-20(15-26)27-11-3-7-18(22(27)29)13-21(28)16-25-12-9-17-5-1-2-6-19(17)14-25/h1-2,5-6,18,20-21,28H,3-4,7-16H2,(H2,24,30)/t18?,20?,21-/m0/s1/i14D2. The molecule has 0 spiro atoms. The summed E-state index contributed by atoms with van der Waals surface area (Å²) in [7, 11) is 0. The number of carbonyl (C=O) groups excluding carboxylic acids is 2. The van der Waals surface area contributed by atoms with Crippen LogP contribution in [0.3, 0.4) is 0 Å². The number of carbonyl (C=O) groups is 2. The molecule has 7 heteroatoms. The molecule has 3 N–H and O–H groups in total. The Hall–Kier alpha value is -2.12. The number of urea groups is 1. The number of nitrogens with two attached hydrogens (primary N) is 1. The highest BCUT2D eigenvalue weighted by atomic mass is 16.3. The number of β-amino-alcohol motifs (C(OH)–C–C–N with tert-alkyl or cyclic N) is 1. The Morgan fingerprint density at radius 3 is 2.77 bits per heavy atom. The number of nitrogens with zero attached hydrogens (tertiary/aromatic N) is 3. The van der Waals surface area contributed by atoms with E-state index >= 15 is 0 Å². The van der Waals surface area contributed by atoms with Crippen LogP contribution in [-0.2, 0) is 17.7 Å². The zero-order valence-corrected chi connectivity index (χ0v) is 17.5. The Kier molecular flexibility index (Phi) is 5.81. The average Bonchev–Trinajstić information content (AvgIpc) is 2.77. The lowest BCUT2D eigenvalue weighted by Gasteiger charge is -2.43. The lowest BCUT2D eigenvalue weighted by atomic mass is 9.89. The first-order chi connectivity index (χ1) is 15.3. The Balaban J connectivity index is 1.36. The number of likely N-dealkylation sites (tertiary alicyclic amines) is 2. The van der Waals surface area contributed by atoms with Crippen LogP contribution in [0.1, 0.15) is 46.0 Å². The quantitative estimate of drug-likeness (QED) is 0.763. The highest BCUT2D eigenvalue weighted by Gasteiger charge is 2.36. The van der Waals surface area contributed by atoms with Gasteiger partial charge in [-0.3, -0.25) is 9.69 Å². The number of amides is 3. The Labute approximate surface area is 181 Å². The van der Waals surface area contributed by atoms with Gasteiger partial charge >= 0.3 is 6.03 Å². The van der Waals surface area contributed by atoms with E-state index in [2.05, 4.69) is 0 Å². The summed E-state index contributed by atoms with van der Waals surface area (Å²) in [6, 6.07) is 7.09. The molecule has 0 saturated carbocycles. The molecule has 1 aromatic carbocycles. The number of primary amides is 1. The molecule has 164 valence electrons. The molecule has 7 nitrogen and oxygen atoms in total. The molecule has 2 fully saturated rings. The van der Waals surface area contributed by atoms with Gasteiger partial charge in [0.2, 0.25) is 5.91 Å². The SMILES string of the molecule is [2H]C1([2H])c2ccccc2CCN1C[C@@H](O)CC1CCCN(C2CCCN(C(N)=O)C2)C1=O. The molecule has 30 heavy (non-hydrogen) atoms. The first-order valence-corrected chi connectivity index (χ1v) is 11.1. The molecule has 0 aliphatic carbocycles. The van der Waals surface area contributed by atoms with Crippen LogP contribution in [0.15, 0.2) is 24.3 Å². The molecular weight excluding hydrogens is 380 g/mol. The zero-order chi connectivity index (χ0) is 22.9. The molecule has 3 amide bonds. The molecule has 3 aliphatic rings. The van der Waals surface area contributed by atoms with Crippen LogP contribution in [0, 0.1) is 5.92 Å². The van der Waals surface area contributed by atoms with Crippen molar-refractivity contribution in [3.63, 3.8) is 0 Å². The molecular formula is C23H34N4O3. The number of aliphatic hydroxyl groups is 1. The van der Waals surface area contributed by atoms with Gasteiger partial charge in [-0.2, -0.15) is 0 Å². The molecule has 0 bridgehead atoms. The minimum Gasteiger partial charge on any atom is -0.392 e. The summed E-state index contributed by atoms with van der Waals surface area (Å²) in [6.07, 6.45) is 3.58. The van der Waals surface area contributed by atoms with E-state index in [9.17, 15) is 14.7 Å². The van der Waals surface area contributed by atoms with E-state index in [4.69, 9.17) is 8.48 Å². The second-order valence-electron chi connectivity index (χ2n) is 8.81. The predicted molar refractivity (Wildman–Crippen MR) is 115 cm³/mol. The van der Waals surface area contributed by atoms with Crippen LogP contribution in [0.4, 0.5) is 4.79 Å². The minimum atomic E-state index is -1.64. The summed E-state index contributed by atoms with van der Waals surface area (Å²) in [5, 5.41) is 10.8. The van der Waals surface area contributed by atoms with Gasteiger partial charge in [0, 0.05) is 53.9 Å². The monoisotopic (exact) mass is 416 g/mol. The van der Waals surface area contributed by atoms with Gasteiger partial charge in [-0.1, -0.05) is 24.3 Å². The van der Waals surface area contributed by atoms with Crippen molar-refractivity contribution < 1.29 is 17.4 Å². The van der Waals surface area contributed by atoms with Crippen molar-refractivity contribution in [2.24, 2.45) is 11.7 Å². The predicted octanol–water partition coefficient (Wildman–Crippen LogP) is 1.58. The second kappa shape index (κ2) is 9.35. The number of benzene rings is 1. The third-order valence-corrected chi connectivity index (χ3v) is 6.67. The highest BCUT2D eigenvalue weighted by Crippen LogP contribution is 2.28. The van der Waals surface area contributed by atoms with E-state index in [1.54, 1.807) is 9.80 Å². The fraction of sp³-hybridized carbons (Fsp3) is 0.652. The fourth-order valence-electron chi connectivity index (χ4n) is 5.09. The molecule has 3 atom stereocenters. The second-order valence-corrected chi connectivity index (χ2v) is 8.81. The summed E-state index contributed by atoms with van der Waals surface area (Å²) in [5.41, 5.74) is 7.12. The number of piperidine rings is 2. The third kappa shape index (κ3) is 4.78. The lowest BCUT2D eigenvalue weighted by molar-refractivity contribution is -0.143. The van der Waals surface area contributed by atoms with E-state index in [1.165, 1.54) is 0 Å². The number of aliphatic hydroxyl groups excluding tert-OH is 1. The molecule has 4 rings (SSSR count). The van der Waals surface area contributed by atoms with Crippen molar-refractivity contribution in [3.05, 3.63) is 35.4 Å². The number of rotatable bonds is 5. The van der Waals surface area contributed by atoms with Gasteiger partial charge in [0.25, 0.3) is 0 Å². The Bertz CT molecular complexity index is 852. The lowest BCUT2D eigenvalue weighted by Crippen LogP contribution is -2.55. The maximum Gasteiger partial charge on any atom is 0.314 e. The minimum absolute atomic E-state index is 0.0172. The smallest absolute Gasteiger partial charge is 0.314 e. The molecule has 3 aliphatic heterocycles. The van der Waals surface area contributed by atoms with E-state index in [0.29, 0.717) is 38.2 Å². The average molecular weight is 417 g/mol. The molecule has 0 aromatic heterocycles. The van der Waals surface area contributed by atoms with Gasteiger partial charge in [0.15, 0.2) is 0 Å². The summed E-state index contributed by atoms with van der Waals surface area (Å²) in [5.74, 6) is -0.232. The Morgan fingerprint density at radius 1 is 1.20 bits per heavy atom. The molecule has 2 unspecified atom stereocenters. The van der Waals surface area contributed by atoms with E-state index in [-0.39, 0.29) is 24.4 Å². The van der Waals surface area contributed by atoms with Crippen molar-refractivity contribution >= 4 is 11.9 Å². The van der Waals surface area contributed by atoms with Crippen LogP contribution >= 0.6 is 0 Å². The first kappa shape index (κ1) is 18.6. The molecule has 0 radical (unpaired) electrons. The zero-order valence-electron chi connectivity index (χ0n) is 19.5. The topological polar surface area (TPSA) is 90.1 Å². The summed E-state index contributed by atoms with van der Waals surface area (Å²) < 4.78 is 17.2. The first-order valence-electron chi connectivity index (χ1n) is 12.1.